The van der Waals surface area contributed by atoms with E-state index in [1.807, 2.05) is 30.3 Å². The van der Waals surface area contributed by atoms with Gasteiger partial charge in [-0.2, -0.15) is 0 Å². The van der Waals surface area contributed by atoms with E-state index in [-0.39, 0.29) is 6.10 Å². The molecule has 1 atom stereocenters. The van der Waals surface area contributed by atoms with Gasteiger partial charge < -0.3 is 23.7 Å². The molecule has 0 spiro atoms. The van der Waals surface area contributed by atoms with E-state index in [1.54, 1.807) is 0 Å². The largest absolute Gasteiger partial charge is 0.377 e. The molecule has 1 aromatic carbocycles. The van der Waals surface area contributed by atoms with Crippen LogP contribution in [0.2, 0.25) is 0 Å². The summed E-state index contributed by atoms with van der Waals surface area (Å²) in [6.07, 6.45) is -0.0725. The van der Waals surface area contributed by atoms with Crippen LogP contribution >= 0.6 is 0 Å². The molecular formula is C16H24O5. The minimum Gasteiger partial charge on any atom is -0.377 e. The van der Waals surface area contributed by atoms with Crippen LogP contribution in [-0.2, 0) is 30.3 Å². The van der Waals surface area contributed by atoms with Gasteiger partial charge in [-0.25, -0.2) is 0 Å². The number of hydrogen-bond acceptors (Lipinski definition) is 5. The predicted molar refractivity (Wildman–Crippen MR) is 78.3 cm³/mol. The Morgan fingerprint density at radius 2 is 1.52 bits per heavy atom. The van der Waals surface area contributed by atoms with Gasteiger partial charge in [-0.15, -0.1) is 0 Å². The smallest absolute Gasteiger partial charge is 0.104 e. The van der Waals surface area contributed by atoms with Crippen LogP contribution in [0.25, 0.3) is 0 Å². The Kier molecular flexibility index (Phi) is 8.36. The zero-order valence-corrected chi connectivity index (χ0v) is 12.4. The zero-order valence-electron chi connectivity index (χ0n) is 12.4. The summed E-state index contributed by atoms with van der Waals surface area (Å²) < 4.78 is 27.7. The molecule has 1 heterocycles. The van der Waals surface area contributed by atoms with Gasteiger partial charge in [0.1, 0.15) is 6.10 Å². The highest BCUT2D eigenvalue weighted by Crippen LogP contribution is 2.03. The Bertz CT molecular complexity index is 345. The summed E-state index contributed by atoms with van der Waals surface area (Å²) in [4.78, 5) is 0. The van der Waals surface area contributed by atoms with Crippen LogP contribution in [0.4, 0.5) is 0 Å². The van der Waals surface area contributed by atoms with Gasteiger partial charge in [0, 0.05) is 0 Å². The lowest BCUT2D eigenvalue weighted by Crippen LogP contribution is -2.29. The maximum absolute atomic E-state index is 5.74. The van der Waals surface area contributed by atoms with E-state index in [1.165, 1.54) is 0 Å². The van der Waals surface area contributed by atoms with Crippen molar-refractivity contribution in [3.05, 3.63) is 35.9 Å². The van der Waals surface area contributed by atoms with Gasteiger partial charge in [-0.1, -0.05) is 30.3 Å². The molecule has 1 aliphatic rings. The van der Waals surface area contributed by atoms with E-state index < -0.39 is 0 Å². The maximum Gasteiger partial charge on any atom is 0.104 e. The molecular weight excluding hydrogens is 272 g/mol. The lowest BCUT2D eigenvalue weighted by Gasteiger charge is -2.19. The molecule has 118 valence electrons. The third kappa shape index (κ3) is 7.55. The van der Waals surface area contributed by atoms with Crippen LogP contribution in [-0.4, -0.2) is 59.0 Å². The van der Waals surface area contributed by atoms with Gasteiger partial charge in [0.15, 0.2) is 0 Å². The third-order valence-corrected chi connectivity index (χ3v) is 3.04. The van der Waals surface area contributed by atoms with Gasteiger partial charge in [0.05, 0.1) is 59.5 Å². The monoisotopic (exact) mass is 296 g/mol. The first-order chi connectivity index (χ1) is 10.4. The zero-order chi connectivity index (χ0) is 14.6. The molecule has 1 fully saturated rings. The maximum atomic E-state index is 5.74. The second kappa shape index (κ2) is 10.7. The third-order valence-electron chi connectivity index (χ3n) is 3.04. The fourth-order valence-electron chi connectivity index (χ4n) is 1.96. The Morgan fingerprint density at radius 1 is 0.857 bits per heavy atom. The summed E-state index contributed by atoms with van der Waals surface area (Å²) in [5.41, 5.74) is 1.16. The standard InChI is InChI=1S/C16H24O5/c1-2-4-15(5-3-1)12-20-14-16-13-19-9-8-17-6-7-18-10-11-21-16/h1-5,16H,6-14H2. The van der Waals surface area contributed by atoms with Crippen molar-refractivity contribution in [2.24, 2.45) is 0 Å². The molecule has 0 amide bonds. The SMILES string of the molecule is c1ccc(COCC2COCCOCCOCCO2)cc1. The molecule has 0 aromatic heterocycles. The van der Waals surface area contributed by atoms with Crippen molar-refractivity contribution >= 4 is 0 Å². The van der Waals surface area contributed by atoms with E-state index >= 15 is 0 Å². The summed E-state index contributed by atoms with van der Waals surface area (Å²) >= 11 is 0. The number of ether oxygens (including phenoxy) is 5. The molecule has 1 aliphatic heterocycles. The molecule has 2 rings (SSSR count). The van der Waals surface area contributed by atoms with Crippen molar-refractivity contribution < 1.29 is 23.7 Å². The highest BCUT2D eigenvalue weighted by molar-refractivity contribution is 5.13. The van der Waals surface area contributed by atoms with Crippen molar-refractivity contribution in [1.82, 2.24) is 0 Å². The predicted octanol–water partition coefficient (Wildman–Crippen LogP) is 1.65. The minimum absolute atomic E-state index is 0.0725. The average Bonchev–Trinajstić information content (AvgIpc) is 2.51. The van der Waals surface area contributed by atoms with E-state index in [0.29, 0.717) is 59.5 Å². The normalized spacial score (nSPS) is 22.2. The van der Waals surface area contributed by atoms with Gasteiger partial charge >= 0.3 is 0 Å². The number of hydrogen-bond donors (Lipinski definition) is 0. The summed E-state index contributed by atoms with van der Waals surface area (Å²) in [6.45, 7) is 5.07. The molecule has 5 nitrogen and oxygen atoms in total. The molecule has 1 saturated heterocycles. The van der Waals surface area contributed by atoms with E-state index in [9.17, 15) is 0 Å². The molecule has 0 N–H and O–H groups in total. The van der Waals surface area contributed by atoms with Crippen molar-refractivity contribution in [3.8, 4) is 0 Å². The van der Waals surface area contributed by atoms with Gasteiger partial charge in [-0.05, 0) is 5.56 Å². The summed E-state index contributed by atoms with van der Waals surface area (Å²) in [5, 5.41) is 0. The first-order valence-corrected chi connectivity index (χ1v) is 7.41. The average molecular weight is 296 g/mol. The second-order valence-electron chi connectivity index (χ2n) is 4.79. The van der Waals surface area contributed by atoms with Gasteiger partial charge in [0.2, 0.25) is 0 Å². The van der Waals surface area contributed by atoms with Crippen LogP contribution in [0.3, 0.4) is 0 Å². The molecule has 5 heteroatoms. The Labute approximate surface area is 126 Å². The molecule has 0 radical (unpaired) electrons. The van der Waals surface area contributed by atoms with Crippen molar-refractivity contribution in [1.29, 1.82) is 0 Å². The molecule has 0 aliphatic carbocycles. The quantitative estimate of drug-likeness (QED) is 0.845. The van der Waals surface area contributed by atoms with E-state index in [0.717, 1.165) is 5.56 Å². The Morgan fingerprint density at radius 3 is 2.29 bits per heavy atom. The molecule has 0 saturated carbocycles. The second-order valence-corrected chi connectivity index (χ2v) is 4.79. The summed E-state index contributed by atoms with van der Waals surface area (Å²) in [7, 11) is 0. The summed E-state index contributed by atoms with van der Waals surface area (Å²) in [5.74, 6) is 0. The van der Waals surface area contributed by atoms with Crippen molar-refractivity contribution in [2.45, 2.75) is 12.7 Å². The van der Waals surface area contributed by atoms with Crippen LogP contribution in [0, 0.1) is 0 Å². The molecule has 21 heavy (non-hydrogen) atoms. The lowest BCUT2D eigenvalue weighted by molar-refractivity contribution is -0.0921. The van der Waals surface area contributed by atoms with Gasteiger partial charge in [-0.3, -0.25) is 0 Å². The highest BCUT2D eigenvalue weighted by atomic mass is 16.6. The highest BCUT2D eigenvalue weighted by Gasteiger charge is 2.11. The van der Waals surface area contributed by atoms with E-state index in [2.05, 4.69) is 0 Å². The molecule has 1 unspecified atom stereocenters. The lowest BCUT2D eigenvalue weighted by atomic mass is 10.2. The van der Waals surface area contributed by atoms with Crippen molar-refractivity contribution in [3.63, 3.8) is 0 Å². The van der Waals surface area contributed by atoms with Crippen LogP contribution in [0.1, 0.15) is 5.56 Å². The van der Waals surface area contributed by atoms with Crippen molar-refractivity contribution in [2.75, 3.05) is 52.9 Å². The van der Waals surface area contributed by atoms with Crippen LogP contribution in [0.15, 0.2) is 30.3 Å². The topological polar surface area (TPSA) is 46.2 Å². The molecule has 0 bridgehead atoms. The van der Waals surface area contributed by atoms with Gasteiger partial charge in [0.25, 0.3) is 0 Å². The number of rotatable bonds is 4. The first-order valence-electron chi connectivity index (χ1n) is 7.41. The molecule has 1 aromatic rings. The fraction of sp³-hybridized carbons (Fsp3) is 0.625. The van der Waals surface area contributed by atoms with Crippen LogP contribution in [0.5, 0.6) is 0 Å². The van der Waals surface area contributed by atoms with Crippen LogP contribution < -0.4 is 0 Å². The summed E-state index contributed by atoms with van der Waals surface area (Å²) in [6, 6.07) is 10.1. The minimum atomic E-state index is -0.0725. The Balaban J connectivity index is 1.67. The van der Waals surface area contributed by atoms with E-state index in [4.69, 9.17) is 23.7 Å². The fourth-order valence-corrected chi connectivity index (χ4v) is 1.96. The first kappa shape index (κ1) is 16.4. The number of benzene rings is 1. The Hall–Kier alpha value is -0.980.